The van der Waals surface area contributed by atoms with Gasteiger partial charge in [0.1, 0.15) is 11.0 Å². The van der Waals surface area contributed by atoms with E-state index in [9.17, 15) is 23.1 Å². The molecule has 1 unspecified atom stereocenters. The van der Waals surface area contributed by atoms with Crippen LogP contribution in [0, 0.1) is 0 Å². The molecule has 49 heavy (non-hydrogen) atoms. The molecule has 1 aliphatic heterocycles. The van der Waals surface area contributed by atoms with Crippen molar-refractivity contribution in [2.24, 2.45) is 0 Å². The van der Waals surface area contributed by atoms with Crippen molar-refractivity contribution in [3.8, 4) is 11.1 Å². The molecule has 1 aromatic heterocycles. The largest absolute Gasteiger partial charge is 0.465 e. The minimum atomic E-state index is -4.09. The van der Waals surface area contributed by atoms with Crippen LogP contribution in [-0.2, 0) is 25.9 Å². The Morgan fingerprint density at radius 1 is 1.02 bits per heavy atom. The Balaban J connectivity index is 1.27. The molecule has 4 aromatic rings. The van der Waals surface area contributed by atoms with Crippen molar-refractivity contribution in [3.05, 3.63) is 114 Å². The zero-order valence-electron chi connectivity index (χ0n) is 27.5. The topological polar surface area (TPSA) is 135 Å². The minimum Gasteiger partial charge on any atom is -0.465 e. The lowest BCUT2D eigenvalue weighted by atomic mass is 10.0. The Labute approximate surface area is 291 Å². The van der Waals surface area contributed by atoms with Crippen molar-refractivity contribution in [3.63, 3.8) is 0 Å². The summed E-state index contributed by atoms with van der Waals surface area (Å²) in [4.78, 5) is 31.3. The average molecular weight is 704 g/mol. The molecular formula is C37H41N3O7S2. The monoisotopic (exact) mass is 703 g/mol. The van der Waals surface area contributed by atoms with Crippen molar-refractivity contribution < 1.29 is 32.6 Å². The number of carbonyl (C=O) groups is 2. The van der Waals surface area contributed by atoms with Crippen LogP contribution in [0.3, 0.4) is 0 Å². The van der Waals surface area contributed by atoms with Gasteiger partial charge in [-0.3, -0.25) is 9.78 Å². The molecule has 1 aliphatic rings. The van der Waals surface area contributed by atoms with Crippen molar-refractivity contribution in [2.45, 2.75) is 67.0 Å². The molecule has 0 radical (unpaired) electrons. The van der Waals surface area contributed by atoms with E-state index in [1.807, 2.05) is 74.5 Å². The molecule has 2 atom stereocenters. The molecular weight excluding hydrogens is 663 g/mol. The molecule has 10 nitrogen and oxygen atoms in total. The van der Waals surface area contributed by atoms with Gasteiger partial charge >= 0.3 is 6.09 Å². The number of thioether (sulfide) groups is 1. The number of pyridine rings is 1. The van der Waals surface area contributed by atoms with Gasteiger partial charge in [0, 0.05) is 35.7 Å². The lowest BCUT2D eigenvalue weighted by molar-refractivity contribution is -0.192. The highest BCUT2D eigenvalue weighted by atomic mass is 32.2. The lowest BCUT2D eigenvalue weighted by Crippen LogP contribution is -2.37. The molecule has 0 aliphatic carbocycles. The van der Waals surface area contributed by atoms with E-state index in [4.69, 9.17) is 9.47 Å². The maximum absolute atomic E-state index is 13.2. The summed E-state index contributed by atoms with van der Waals surface area (Å²) in [6, 6.07) is 25.7. The van der Waals surface area contributed by atoms with Gasteiger partial charge in [-0.15, -0.1) is 11.8 Å². The first kappa shape index (κ1) is 36.1. The van der Waals surface area contributed by atoms with E-state index >= 15 is 0 Å². The number of sulfonamides is 1. The van der Waals surface area contributed by atoms with Crippen molar-refractivity contribution in [1.82, 2.24) is 14.6 Å². The fraction of sp³-hybridized carbons (Fsp3) is 0.324. The zero-order chi connectivity index (χ0) is 34.8. The second-order valence-corrected chi connectivity index (χ2v) is 15.3. The van der Waals surface area contributed by atoms with Crippen molar-refractivity contribution in [1.29, 1.82) is 0 Å². The molecule has 2 N–H and O–H groups in total. The molecule has 0 spiro atoms. The molecule has 2 amide bonds. The second kappa shape index (κ2) is 16.9. The van der Waals surface area contributed by atoms with E-state index in [1.54, 1.807) is 12.1 Å². The van der Waals surface area contributed by atoms with Crippen LogP contribution in [0.1, 0.15) is 60.7 Å². The van der Waals surface area contributed by atoms with Crippen LogP contribution in [0.15, 0.2) is 107 Å². The normalized spacial score (nSPS) is 15.4. The van der Waals surface area contributed by atoms with Crippen LogP contribution in [-0.4, -0.2) is 66.6 Å². The number of ether oxygens (including phenoxy) is 2. The van der Waals surface area contributed by atoms with Gasteiger partial charge in [0.2, 0.25) is 0 Å². The standard InChI is InChI=1S/C37H41N3O7S2/c1-26(2)48-34-23-30(17-18-32(34)36(41)39-49(44,45)31-11-8-20-38-24-31)28-15-13-27(14-16-28)19-21-40(37(42)43)25-33(29-9-4-3-5-10-29)47-35-12-6-7-22-46-35/h3-5,8-11,13-18,20,23-24,26,33,35H,6-7,12,19,21-22,25H2,1-2H3,(H,39,41)(H,42,43)/t33-,35?/m1/s1. The predicted molar refractivity (Wildman–Crippen MR) is 189 cm³/mol. The summed E-state index contributed by atoms with van der Waals surface area (Å²) < 4.78 is 39.8. The van der Waals surface area contributed by atoms with E-state index in [2.05, 4.69) is 9.71 Å². The molecule has 1 saturated heterocycles. The van der Waals surface area contributed by atoms with E-state index < -0.39 is 28.1 Å². The summed E-state index contributed by atoms with van der Waals surface area (Å²) in [5.41, 5.74) is 3.90. The van der Waals surface area contributed by atoms with Gasteiger partial charge in [-0.2, -0.15) is 0 Å². The summed E-state index contributed by atoms with van der Waals surface area (Å²) in [6.45, 7) is 5.10. The lowest BCUT2D eigenvalue weighted by Gasteiger charge is -2.31. The van der Waals surface area contributed by atoms with Crippen LogP contribution < -0.4 is 4.72 Å². The Bertz CT molecular complexity index is 1800. The zero-order valence-corrected chi connectivity index (χ0v) is 29.2. The SMILES string of the molecule is CC(C)Sc1cc(-c2ccc(CCN(C[C@@H](OC3CCCCO3)c3ccccc3)C(=O)O)cc2)ccc1C(=O)NS(=O)(=O)c1cccnc1. The summed E-state index contributed by atoms with van der Waals surface area (Å²) >= 11 is 1.47. The van der Waals surface area contributed by atoms with Gasteiger partial charge in [0.15, 0.2) is 6.29 Å². The maximum Gasteiger partial charge on any atom is 0.407 e. The highest BCUT2D eigenvalue weighted by molar-refractivity contribution is 8.00. The molecule has 12 heteroatoms. The Morgan fingerprint density at radius 3 is 2.43 bits per heavy atom. The van der Waals surface area contributed by atoms with Gasteiger partial charge in [0.05, 0.1) is 12.1 Å². The summed E-state index contributed by atoms with van der Waals surface area (Å²) in [6.07, 6.45) is 4.12. The highest BCUT2D eigenvalue weighted by Gasteiger charge is 2.26. The third-order valence-corrected chi connectivity index (χ3v) is 10.4. The van der Waals surface area contributed by atoms with E-state index in [1.165, 1.54) is 41.2 Å². The van der Waals surface area contributed by atoms with Crippen LogP contribution in [0.5, 0.6) is 0 Å². The van der Waals surface area contributed by atoms with Crippen LogP contribution in [0.2, 0.25) is 0 Å². The molecule has 0 bridgehead atoms. The molecule has 2 heterocycles. The maximum atomic E-state index is 13.2. The first-order valence-electron chi connectivity index (χ1n) is 16.3. The molecule has 5 rings (SSSR count). The first-order chi connectivity index (χ1) is 23.6. The second-order valence-electron chi connectivity index (χ2n) is 12.0. The number of amides is 2. The predicted octanol–water partition coefficient (Wildman–Crippen LogP) is 7.17. The van der Waals surface area contributed by atoms with Crippen molar-refractivity contribution >= 4 is 33.8 Å². The molecule has 1 fully saturated rings. The summed E-state index contributed by atoms with van der Waals surface area (Å²) in [5, 5.41) is 10.2. The number of rotatable bonds is 14. The van der Waals surface area contributed by atoms with Gasteiger partial charge in [-0.25, -0.2) is 17.9 Å². The number of hydrogen-bond donors (Lipinski definition) is 2. The van der Waals surface area contributed by atoms with E-state index in [0.717, 1.165) is 41.5 Å². The number of hydrogen-bond acceptors (Lipinski definition) is 8. The van der Waals surface area contributed by atoms with Crippen LogP contribution >= 0.6 is 11.8 Å². The van der Waals surface area contributed by atoms with Gasteiger partial charge in [0.25, 0.3) is 15.9 Å². The highest BCUT2D eigenvalue weighted by Crippen LogP contribution is 2.32. The number of carboxylic acid groups (broad SMARTS) is 1. The van der Waals surface area contributed by atoms with Crippen molar-refractivity contribution in [2.75, 3.05) is 19.7 Å². The summed E-state index contributed by atoms with van der Waals surface area (Å²) in [5.74, 6) is -0.719. The molecule has 3 aromatic carbocycles. The molecule has 258 valence electrons. The Kier molecular flexibility index (Phi) is 12.5. The van der Waals surface area contributed by atoms with E-state index in [-0.39, 0.29) is 35.1 Å². The fourth-order valence-corrected chi connectivity index (χ4v) is 7.39. The van der Waals surface area contributed by atoms with Crippen LogP contribution in [0.4, 0.5) is 4.79 Å². The fourth-order valence-electron chi connectivity index (χ4n) is 5.47. The van der Waals surface area contributed by atoms with E-state index in [0.29, 0.717) is 17.9 Å². The van der Waals surface area contributed by atoms with Gasteiger partial charge < -0.3 is 19.5 Å². The Morgan fingerprint density at radius 2 is 1.78 bits per heavy atom. The minimum absolute atomic E-state index is 0.0945. The first-order valence-corrected chi connectivity index (χ1v) is 18.6. The molecule has 0 saturated carbocycles. The van der Waals surface area contributed by atoms with Gasteiger partial charge in [-0.05, 0) is 72.2 Å². The number of carbonyl (C=O) groups excluding carboxylic acids is 1. The third-order valence-electron chi connectivity index (χ3n) is 8.00. The summed E-state index contributed by atoms with van der Waals surface area (Å²) in [7, 11) is -4.09. The third kappa shape index (κ3) is 10.1. The number of nitrogens with one attached hydrogen (secondary N) is 1. The number of nitrogens with zero attached hydrogens (tertiary/aromatic N) is 2. The van der Waals surface area contributed by atoms with Gasteiger partial charge in [-0.1, -0.05) is 74.5 Å². The average Bonchev–Trinajstić information content (AvgIpc) is 3.10. The van der Waals surface area contributed by atoms with Crippen LogP contribution in [0.25, 0.3) is 11.1 Å². The quantitative estimate of drug-likeness (QED) is 0.131. The Hall–Kier alpha value is -4.23. The smallest absolute Gasteiger partial charge is 0.407 e. The number of benzene rings is 3. The number of aromatic nitrogens is 1.